The van der Waals surface area contributed by atoms with Crippen LogP contribution in [0.1, 0.15) is 31.9 Å². The van der Waals surface area contributed by atoms with Crippen LogP contribution in [0.25, 0.3) is 0 Å². The molecule has 84 valence electrons. The van der Waals surface area contributed by atoms with Crippen molar-refractivity contribution in [2.75, 3.05) is 0 Å². The SMILES string of the molecule is CC(C)(C)c1ccccc1COS(=O)O. The van der Waals surface area contributed by atoms with E-state index >= 15 is 0 Å². The third-order valence-electron chi connectivity index (χ3n) is 2.14. The van der Waals surface area contributed by atoms with Gasteiger partial charge in [0.25, 0.3) is 0 Å². The van der Waals surface area contributed by atoms with Crippen molar-refractivity contribution in [3.63, 3.8) is 0 Å². The molecule has 0 spiro atoms. The van der Waals surface area contributed by atoms with Crippen LogP contribution < -0.4 is 0 Å². The zero-order valence-corrected chi connectivity index (χ0v) is 10.0. The Bertz CT molecular complexity index is 355. The minimum absolute atomic E-state index is 0.0108. The van der Waals surface area contributed by atoms with Gasteiger partial charge in [-0.05, 0) is 16.5 Å². The summed E-state index contributed by atoms with van der Waals surface area (Å²) in [6.45, 7) is 6.46. The minimum Gasteiger partial charge on any atom is -0.284 e. The Morgan fingerprint density at radius 3 is 2.47 bits per heavy atom. The first-order chi connectivity index (χ1) is 6.91. The monoisotopic (exact) mass is 228 g/mol. The molecular formula is C11H16O3S. The van der Waals surface area contributed by atoms with Crippen LogP contribution in [-0.2, 0) is 27.6 Å². The van der Waals surface area contributed by atoms with E-state index in [1.807, 2.05) is 24.3 Å². The molecular weight excluding hydrogens is 212 g/mol. The molecule has 0 aliphatic heterocycles. The van der Waals surface area contributed by atoms with Crippen molar-refractivity contribution in [2.45, 2.75) is 32.8 Å². The summed E-state index contributed by atoms with van der Waals surface area (Å²) in [6, 6.07) is 7.78. The van der Waals surface area contributed by atoms with E-state index in [0.29, 0.717) is 0 Å². The minimum atomic E-state index is -2.20. The second-order valence-electron chi connectivity index (χ2n) is 4.39. The Labute approximate surface area is 93.0 Å². The molecule has 0 saturated heterocycles. The van der Waals surface area contributed by atoms with Gasteiger partial charge in [0, 0.05) is 0 Å². The van der Waals surface area contributed by atoms with E-state index in [9.17, 15) is 4.21 Å². The normalized spacial score (nSPS) is 13.9. The van der Waals surface area contributed by atoms with Gasteiger partial charge in [0.05, 0.1) is 6.61 Å². The van der Waals surface area contributed by atoms with Crippen LogP contribution in [0.15, 0.2) is 24.3 Å². The second kappa shape index (κ2) is 4.88. The predicted octanol–water partition coefficient (Wildman–Crippen LogP) is 2.64. The van der Waals surface area contributed by atoms with Gasteiger partial charge in [-0.15, -0.1) is 0 Å². The van der Waals surface area contributed by atoms with Gasteiger partial charge < -0.3 is 0 Å². The summed E-state index contributed by atoms with van der Waals surface area (Å²) in [5.74, 6) is 0. The molecule has 0 radical (unpaired) electrons. The maximum Gasteiger partial charge on any atom is 0.302 e. The van der Waals surface area contributed by atoms with Gasteiger partial charge in [-0.2, -0.15) is 4.21 Å². The van der Waals surface area contributed by atoms with Crippen molar-refractivity contribution in [3.8, 4) is 0 Å². The van der Waals surface area contributed by atoms with Crippen molar-refractivity contribution < 1.29 is 12.9 Å². The molecule has 1 unspecified atom stereocenters. The van der Waals surface area contributed by atoms with Crippen molar-refractivity contribution in [1.29, 1.82) is 0 Å². The molecule has 0 heterocycles. The first kappa shape index (κ1) is 12.4. The van der Waals surface area contributed by atoms with Gasteiger partial charge in [-0.1, -0.05) is 45.0 Å². The molecule has 0 fully saturated rings. The molecule has 0 bridgehead atoms. The molecule has 15 heavy (non-hydrogen) atoms. The van der Waals surface area contributed by atoms with Crippen LogP contribution in [0.3, 0.4) is 0 Å². The van der Waals surface area contributed by atoms with E-state index in [4.69, 9.17) is 8.74 Å². The third kappa shape index (κ3) is 3.74. The fraction of sp³-hybridized carbons (Fsp3) is 0.455. The van der Waals surface area contributed by atoms with Crippen LogP contribution >= 0.6 is 0 Å². The molecule has 0 aromatic heterocycles. The highest BCUT2D eigenvalue weighted by atomic mass is 32.2. The topological polar surface area (TPSA) is 46.5 Å². The van der Waals surface area contributed by atoms with E-state index in [1.165, 1.54) is 0 Å². The van der Waals surface area contributed by atoms with Gasteiger partial charge in [0.2, 0.25) is 0 Å². The molecule has 3 nitrogen and oxygen atoms in total. The summed E-state index contributed by atoms with van der Waals surface area (Å²) in [5, 5.41) is 0. The molecule has 1 aromatic rings. The highest BCUT2D eigenvalue weighted by Gasteiger charge is 2.17. The first-order valence-corrected chi connectivity index (χ1v) is 5.77. The molecule has 0 aliphatic carbocycles. The second-order valence-corrected chi connectivity index (χ2v) is 5.06. The van der Waals surface area contributed by atoms with Gasteiger partial charge >= 0.3 is 11.4 Å². The maximum atomic E-state index is 10.4. The number of benzene rings is 1. The first-order valence-electron chi connectivity index (χ1n) is 4.74. The standard InChI is InChI=1S/C11H16O3S/c1-11(2,3)10-7-5-4-6-9(10)8-14-15(12)13/h4-7H,8H2,1-3H3,(H,12,13). The average Bonchev–Trinajstić information content (AvgIpc) is 2.13. The lowest BCUT2D eigenvalue weighted by molar-refractivity contribution is 0.294. The van der Waals surface area contributed by atoms with Crippen molar-refractivity contribution in [1.82, 2.24) is 0 Å². The lowest BCUT2D eigenvalue weighted by atomic mass is 9.84. The molecule has 0 amide bonds. The van der Waals surface area contributed by atoms with Gasteiger partial charge in [-0.25, -0.2) is 0 Å². The van der Waals surface area contributed by atoms with E-state index in [2.05, 4.69) is 20.8 Å². The summed E-state index contributed by atoms with van der Waals surface area (Å²) in [5.41, 5.74) is 2.10. The summed E-state index contributed by atoms with van der Waals surface area (Å²) >= 11 is -2.20. The zero-order valence-electron chi connectivity index (χ0n) is 9.19. The van der Waals surface area contributed by atoms with Crippen molar-refractivity contribution in [2.24, 2.45) is 0 Å². The summed E-state index contributed by atoms with van der Waals surface area (Å²) in [7, 11) is 0. The molecule has 1 aromatic carbocycles. The Morgan fingerprint density at radius 2 is 1.93 bits per heavy atom. The van der Waals surface area contributed by atoms with E-state index < -0.39 is 11.4 Å². The van der Waals surface area contributed by atoms with Gasteiger partial charge in [-0.3, -0.25) is 8.74 Å². The number of rotatable bonds is 3. The summed E-state index contributed by atoms with van der Waals surface area (Å²) in [6.07, 6.45) is 0. The van der Waals surface area contributed by atoms with Crippen LogP contribution in [0, 0.1) is 0 Å². The largest absolute Gasteiger partial charge is 0.302 e. The molecule has 0 saturated carbocycles. The van der Waals surface area contributed by atoms with Crippen LogP contribution in [0.4, 0.5) is 0 Å². The third-order valence-corrected chi connectivity index (χ3v) is 2.46. The highest BCUT2D eigenvalue weighted by molar-refractivity contribution is 7.74. The van der Waals surface area contributed by atoms with Crippen molar-refractivity contribution in [3.05, 3.63) is 35.4 Å². The Hall–Kier alpha value is -0.710. The fourth-order valence-corrected chi connectivity index (χ4v) is 1.72. The zero-order chi connectivity index (χ0) is 11.5. The van der Waals surface area contributed by atoms with Crippen LogP contribution in [0.2, 0.25) is 0 Å². The quantitative estimate of drug-likeness (QED) is 0.809. The molecule has 0 aliphatic rings. The smallest absolute Gasteiger partial charge is 0.284 e. The summed E-state index contributed by atoms with van der Waals surface area (Å²) < 4.78 is 23.7. The van der Waals surface area contributed by atoms with Gasteiger partial charge in [0.1, 0.15) is 0 Å². The Morgan fingerprint density at radius 1 is 1.33 bits per heavy atom. The number of hydrogen-bond acceptors (Lipinski definition) is 2. The van der Waals surface area contributed by atoms with Crippen LogP contribution in [-0.4, -0.2) is 8.76 Å². The average molecular weight is 228 g/mol. The van der Waals surface area contributed by atoms with E-state index in [1.54, 1.807) is 0 Å². The van der Waals surface area contributed by atoms with Gasteiger partial charge in [0.15, 0.2) is 0 Å². The van der Waals surface area contributed by atoms with Crippen LogP contribution in [0.5, 0.6) is 0 Å². The Kier molecular flexibility index (Phi) is 4.02. The Balaban J connectivity index is 2.92. The molecule has 1 rings (SSSR count). The highest BCUT2D eigenvalue weighted by Crippen LogP contribution is 2.26. The van der Waals surface area contributed by atoms with E-state index in [-0.39, 0.29) is 12.0 Å². The van der Waals surface area contributed by atoms with Crippen molar-refractivity contribution >= 4 is 11.4 Å². The predicted molar refractivity (Wildman–Crippen MR) is 60.7 cm³/mol. The lowest BCUT2D eigenvalue weighted by Crippen LogP contribution is -2.14. The molecule has 4 heteroatoms. The maximum absolute atomic E-state index is 10.4. The molecule has 1 N–H and O–H groups in total. The number of hydrogen-bond donors (Lipinski definition) is 1. The van der Waals surface area contributed by atoms with E-state index in [0.717, 1.165) is 11.1 Å². The lowest BCUT2D eigenvalue weighted by Gasteiger charge is -2.22. The summed E-state index contributed by atoms with van der Waals surface area (Å²) in [4.78, 5) is 0. The molecule has 1 atom stereocenters. The fourth-order valence-electron chi connectivity index (χ4n) is 1.49.